The van der Waals surface area contributed by atoms with E-state index in [1.54, 1.807) is 11.3 Å². The van der Waals surface area contributed by atoms with Gasteiger partial charge in [-0.05, 0) is 54.8 Å². The van der Waals surface area contributed by atoms with E-state index in [1.807, 2.05) is 84.6 Å². The lowest BCUT2D eigenvalue weighted by atomic mass is 10.3. The molecule has 6 nitrogen and oxygen atoms in total. The van der Waals surface area contributed by atoms with Crippen LogP contribution in [0.2, 0.25) is 0 Å². The lowest BCUT2D eigenvalue weighted by Gasteiger charge is -2.12. The standard InChI is InChI=1S/C23H22N4O2S2/c1-16(31-23-26-25-21(27(23)2)15-20-9-6-14-30-20)22(28)24-17-10-12-19(13-11-17)29-18-7-4-3-5-8-18/h3-14,16H,15H2,1-2H3,(H,24,28)/t16-/m1/s1. The quantitative estimate of drug-likeness (QED) is 0.365. The summed E-state index contributed by atoms with van der Waals surface area (Å²) in [5, 5.41) is 13.9. The first-order valence-corrected chi connectivity index (χ1v) is 11.6. The van der Waals surface area contributed by atoms with Crippen LogP contribution in [0.25, 0.3) is 0 Å². The topological polar surface area (TPSA) is 69.0 Å². The van der Waals surface area contributed by atoms with E-state index in [2.05, 4.69) is 21.6 Å². The number of nitrogens with one attached hydrogen (secondary N) is 1. The number of hydrogen-bond donors (Lipinski definition) is 1. The number of rotatable bonds is 8. The van der Waals surface area contributed by atoms with E-state index in [0.29, 0.717) is 11.4 Å². The SMILES string of the molecule is C[C@@H](Sc1nnc(Cc2cccs2)n1C)C(=O)Nc1ccc(Oc2ccccc2)cc1. The Hall–Kier alpha value is -3.10. The first kappa shape index (κ1) is 21.1. The zero-order valence-electron chi connectivity index (χ0n) is 17.2. The third-order valence-electron chi connectivity index (χ3n) is 4.59. The molecule has 0 aliphatic heterocycles. The Morgan fingerprint density at radius 2 is 1.81 bits per heavy atom. The summed E-state index contributed by atoms with van der Waals surface area (Å²) in [4.78, 5) is 13.9. The number of anilines is 1. The van der Waals surface area contributed by atoms with Crippen molar-refractivity contribution in [3.63, 3.8) is 0 Å². The van der Waals surface area contributed by atoms with Gasteiger partial charge in [0.05, 0.1) is 5.25 Å². The number of thioether (sulfide) groups is 1. The first-order chi connectivity index (χ1) is 15.1. The van der Waals surface area contributed by atoms with E-state index in [0.717, 1.165) is 23.2 Å². The average Bonchev–Trinajstić information content (AvgIpc) is 3.41. The number of carbonyl (C=O) groups is 1. The third kappa shape index (κ3) is 5.53. The number of para-hydroxylation sites is 1. The molecule has 8 heteroatoms. The fraction of sp³-hybridized carbons (Fsp3) is 0.174. The third-order valence-corrected chi connectivity index (χ3v) is 6.60. The van der Waals surface area contributed by atoms with Crippen LogP contribution >= 0.6 is 23.1 Å². The molecule has 0 saturated carbocycles. The number of amides is 1. The van der Waals surface area contributed by atoms with Gasteiger partial charge in [0.15, 0.2) is 5.16 Å². The predicted octanol–water partition coefficient (Wildman–Crippen LogP) is 5.38. The van der Waals surface area contributed by atoms with Crippen molar-refractivity contribution in [3.8, 4) is 11.5 Å². The van der Waals surface area contributed by atoms with E-state index < -0.39 is 0 Å². The number of ether oxygens (including phenoxy) is 1. The van der Waals surface area contributed by atoms with Crippen LogP contribution in [0, 0.1) is 0 Å². The normalized spacial score (nSPS) is 11.8. The molecular formula is C23H22N4O2S2. The van der Waals surface area contributed by atoms with E-state index in [1.165, 1.54) is 16.6 Å². The highest BCUT2D eigenvalue weighted by Crippen LogP contribution is 2.26. The number of thiophene rings is 1. The molecule has 1 amide bonds. The molecule has 0 radical (unpaired) electrons. The summed E-state index contributed by atoms with van der Waals surface area (Å²) in [5.41, 5.74) is 0.717. The van der Waals surface area contributed by atoms with Crippen molar-refractivity contribution < 1.29 is 9.53 Å². The van der Waals surface area contributed by atoms with Gasteiger partial charge in [0, 0.05) is 24.0 Å². The molecule has 2 aromatic heterocycles. The zero-order chi connectivity index (χ0) is 21.6. The van der Waals surface area contributed by atoms with Crippen LogP contribution in [0.1, 0.15) is 17.6 Å². The Balaban J connectivity index is 1.33. The van der Waals surface area contributed by atoms with E-state index >= 15 is 0 Å². The van der Waals surface area contributed by atoms with Gasteiger partial charge in [-0.15, -0.1) is 21.5 Å². The summed E-state index contributed by atoms with van der Waals surface area (Å²) in [7, 11) is 1.93. The smallest absolute Gasteiger partial charge is 0.237 e. The number of benzene rings is 2. The minimum absolute atomic E-state index is 0.0930. The molecular weight excluding hydrogens is 428 g/mol. The Kier molecular flexibility index (Phi) is 6.69. The number of nitrogens with zero attached hydrogens (tertiary/aromatic N) is 3. The summed E-state index contributed by atoms with van der Waals surface area (Å²) < 4.78 is 7.73. The van der Waals surface area contributed by atoms with Crippen LogP contribution in [-0.2, 0) is 18.3 Å². The van der Waals surface area contributed by atoms with E-state index in [9.17, 15) is 4.79 Å². The molecule has 4 rings (SSSR count). The van der Waals surface area contributed by atoms with Gasteiger partial charge in [-0.1, -0.05) is 36.0 Å². The van der Waals surface area contributed by atoms with Crippen molar-refractivity contribution in [1.82, 2.24) is 14.8 Å². The highest BCUT2D eigenvalue weighted by Gasteiger charge is 2.19. The van der Waals surface area contributed by atoms with Crippen molar-refractivity contribution in [3.05, 3.63) is 82.8 Å². The maximum Gasteiger partial charge on any atom is 0.237 e. The lowest BCUT2D eigenvalue weighted by molar-refractivity contribution is -0.115. The summed E-state index contributed by atoms with van der Waals surface area (Å²) in [5.74, 6) is 2.27. The largest absolute Gasteiger partial charge is 0.457 e. The molecule has 0 aliphatic carbocycles. The second-order valence-electron chi connectivity index (χ2n) is 6.90. The number of aromatic nitrogens is 3. The van der Waals surface area contributed by atoms with Gasteiger partial charge in [0.1, 0.15) is 17.3 Å². The van der Waals surface area contributed by atoms with Crippen LogP contribution in [0.5, 0.6) is 11.5 Å². The van der Waals surface area contributed by atoms with Crippen molar-refractivity contribution in [2.75, 3.05) is 5.32 Å². The van der Waals surface area contributed by atoms with Crippen LogP contribution < -0.4 is 10.1 Å². The van der Waals surface area contributed by atoms with Crippen LogP contribution in [0.4, 0.5) is 5.69 Å². The Labute approximate surface area is 189 Å². The second-order valence-corrected chi connectivity index (χ2v) is 9.24. The molecule has 158 valence electrons. The maximum atomic E-state index is 12.6. The molecule has 0 bridgehead atoms. The Morgan fingerprint density at radius 1 is 1.06 bits per heavy atom. The number of hydrogen-bond acceptors (Lipinski definition) is 6. The minimum atomic E-state index is -0.322. The summed E-state index contributed by atoms with van der Waals surface area (Å²) >= 11 is 3.09. The first-order valence-electron chi connectivity index (χ1n) is 9.79. The second kappa shape index (κ2) is 9.80. The van der Waals surface area contributed by atoms with Crippen molar-refractivity contribution in [2.24, 2.45) is 7.05 Å². The molecule has 2 heterocycles. The highest BCUT2D eigenvalue weighted by atomic mass is 32.2. The summed E-state index contributed by atoms with van der Waals surface area (Å²) in [6.07, 6.45) is 0.736. The molecule has 0 spiro atoms. The van der Waals surface area contributed by atoms with E-state index in [-0.39, 0.29) is 11.2 Å². The molecule has 2 aromatic carbocycles. The fourth-order valence-electron chi connectivity index (χ4n) is 2.86. The number of carbonyl (C=O) groups excluding carboxylic acids is 1. The van der Waals surface area contributed by atoms with Crippen LogP contribution in [0.3, 0.4) is 0 Å². The van der Waals surface area contributed by atoms with Crippen molar-refractivity contribution >= 4 is 34.7 Å². The minimum Gasteiger partial charge on any atom is -0.457 e. The zero-order valence-corrected chi connectivity index (χ0v) is 18.8. The highest BCUT2D eigenvalue weighted by molar-refractivity contribution is 8.00. The van der Waals surface area contributed by atoms with Gasteiger partial charge in [-0.3, -0.25) is 4.79 Å². The fourth-order valence-corrected chi connectivity index (χ4v) is 4.39. The monoisotopic (exact) mass is 450 g/mol. The van der Waals surface area contributed by atoms with Gasteiger partial charge >= 0.3 is 0 Å². The predicted molar refractivity (Wildman–Crippen MR) is 125 cm³/mol. The Bertz CT molecular complexity index is 1130. The Morgan fingerprint density at radius 3 is 2.52 bits per heavy atom. The molecule has 4 aromatic rings. The van der Waals surface area contributed by atoms with Crippen molar-refractivity contribution in [1.29, 1.82) is 0 Å². The molecule has 0 fully saturated rings. The molecule has 31 heavy (non-hydrogen) atoms. The molecule has 1 N–H and O–H groups in total. The van der Waals surface area contributed by atoms with Crippen molar-refractivity contribution in [2.45, 2.75) is 23.8 Å². The van der Waals surface area contributed by atoms with Gasteiger partial charge in [0.25, 0.3) is 0 Å². The molecule has 0 unspecified atom stereocenters. The summed E-state index contributed by atoms with van der Waals surface area (Å²) in [6, 6.07) is 21.0. The van der Waals surface area contributed by atoms with Crippen LogP contribution in [0.15, 0.2) is 77.3 Å². The molecule has 0 aliphatic rings. The lowest BCUT2D eigenvalue weighted by Crippen LogP contribution is -2.22. The van der Waals surface area contributed by atoms with Gasteiger partial charge in [-0.25, -0.2) is 0 Å². The van der Waals surface area contributed by atoms with Gasteiger partial charge in [0.2, 0.25) is 5.91 Å². The summed E-state index contributed by atoms with van der Waals surface area (Å²) in [6.45, 7) is 1.86. The van der Waals surface area contributed by atoms with Gasteiger partial charge in [-0.2, -0.15) is 0 Å². The van der Waals surface area contributed by atoms with E-state index in [4.69, 9.17) is 4.74 Å². The molecule has 0 saturated heterocycles. The van der Waals surface area contributed by atoms with Gasteiger partial charge < -0.3 is 14.6 Å². The average molecular weight is 451 g/mol. The van der Waals surface area contributed by atoms with Crippen LogP contribution in [-0.4, -0.2) is 25.9 Å². The molecule has 1 atom stereocenters. The maximum absolute atomic E-state index is 12.6.